The molecule has 0 radical (unpaired) electrons. The van der Waals surface area contributed by atoms with Gasteiger partial charge in [0.25, 0.3) is 0 Å². The molecule has 0 unspecified atom stereocenters. The van der Waals surface area contributed by atoms with Crippen molar-refractivity contribution >= 4 is 17.5 Å². The molecule has 1 N–H and O–H groups in total. The van der Waals surface area contributed by atoms with Crippen molar-refractivity contribution < 1.29 is 4.79 Å². The Morgan fingerprint density at radius 1 is 1.24 bits per heavy atom. The molecule has 0 saturated heterocycles. The van der Waals surface area contributed by atoms with Crippen LogP contribution < -0.4 is 0 Å². The number of rotatable bonds is 6. The molecule has 5 heteroatoms. The summed E-state index contributed by atoms with van der Waals surface area (Å²) in [5, 5.41) is 7.93. The normalized spacial score (nSPS) is 11.6. The number of aromatic nitrogens is 3. The molecular weight excluding hydrogens is 282 g/mol. The molecule has 0 aliphatic carbocycles. The summed E-state index contributed by atoms with van der Waals surface area (Å²) in [4.78, 5) is 16.4. The first-order chi connectivity index (χ1) is 9.97. The third kappa shape index (κ3) is 4.70. The SMILES string of the molecule is CC(C)(C)c1nc(SCCCC(=O)c2ccccc2)n[nH]1. The Balaban J connectivity index is 1.75. The molecule has 1 heterocycles. The minimum atomic E-state index is -0.0188. The smallest absolute Gasteiger partial charge is 0.208 e. The highest BCUT2D eigenvalue weighted by atomic mass is 32.2. The highest BCUT2D eigenvalue weighted by molar-refractivity contribution is 7.99. The summed E-state index contributed by atoms with van der Waals surface area (Å²) in [6.07, 6.45) is 1.39. The van der Waals surface area contributed by atoms with Crippen LogP contribution in [0.4, 0.5) is 0 Å². The lowest BCUT2D eigenvalue weighted by Crippen LogP contribution is -2.13. The number of benzene rings is 1. The van der Waals surface area contributed by atoms with Crippen molar-refractivity contribution in [1.29, 1.82) is 0 Å². The van der Waals surface area contributed by atoms with Crippen LogP contribution in [0.3, 0.4) is 0 Å². The van der Waals surface area contributed by atoms with Gasteiger partial charge in [-0.3, -0.25) is 9.89 Å². The van der Waals surface area contributed by atoms with E-state index in [1.807, 2.05) is 30.3 Å². The van der Waals surface area contributed by atoms with Gasteiger partial charge >= 0.3 is 0 Å². The molecule has 0 amide bonds. The quantitative estimate of drug-likeness (QED) is 0.500. The molecule has 4 nitrogen and oxygen atoms in total. The monoisotopic (exact) mass is 303 g/mol. The average Bonchev–Trinajstić information content (AvgIpc) is 2.93. The summed E-state index contributed by atoms with van der Waals surface area (Å²) in [5.41, 5.74) is 0.769. The summed E-state index contributed by atoms with van der Waals surface area (Å²) < 4.78 is 0. The van der Waals surface area contributed by atoms with Crippen molar-refractivity contribution in [2.75, 3.05) is 5.75 Å². The van der Waals surface area contributed by atoms with Gasteiger partial charge in [0.15, 0.2) is 5.78 Å². The van der Waals surface area contributed by atoms with Crippen LogP contribution in [-0.2, 0) is 5.41 Å². The second-order valence-electron chi connectivity index (χ2n) is 5.96. The number of thioether (sulfide) groups is 1. The molecule has 1 aromatic carbocycles. The Bertz CT molecular complexity index is 587. The number of H-pyrrole nitrogens is 1. The van der Waals surface area contributed by atoms with Crippen LogP contribution in [0, 0.1) is 0 Å². The Hall–Kier alpha value is -1.62. The van der Waals surface area contributed by atoms with E-state index in [1.54, 1.807) is 11.8 Å². The van der Waals surface area contributed by atoms with E-state index in [-0.39, 0.29) is 11.2 Å². The Labute approximate surface area is 129 Å². The molecule has 0 atom stereocenters. The zero-order valence-corrected chi connectivity index (χ0v) is 13.5. The second kappa shape index (κ2) is 6.89. The van der Waals surface area contributed by atoms with Gasteiger partial charge in [0.2, 0.25) is 5.16 Å². The lowest BCUT2D eigenvalue weighted by atomic mass is 9.96. The van der Waals surface area contributed by atoms with E-state index in [9.17, 15) is 4.79 Å². The minimum Gasteiger partial charge on any atom is -0.294 e. The first kappa shape index (κ1) is 15.8. The lowest BCUT2D eigenvalue weighted by Gasteiger charge is -2.12. The molecule has 0 aliphatic rings. The number of aromatic amines is 1. The van der Waals surface area contributed by atoms with E-state index >= 15 is 0 Å². The standard InChI is InChI=1S/C16H21N3OS/c1-16(2,3)14-17-15(19-18-14)21-11-7-10-13(20)12-8-5-4-6-9-12/h4-6,8-9H,7,10-11H2,1-3H3,(H,17,18,19). The highest BCUT2D eigenvalue weighted by Gasteiger charge is 2.18. The number of carbonyl (C=O) groups excluding carboxylic acids is 1. The Kier molecular flexibility index (Phi) is 5.17. The van der Waals surface area contributed by atoms with Gasteiger partial charge in [-0.2, -0.15) is 0 Å². The number of hydrogen-bond acceptors (Lipinski definition) is 4. The molecule has 0 spiro atoms. The largest absolute Gasteiger partial charge is 0.294 e. The first-order valence-electron chi connectivity index (χ1n) is 7.11. The zero-order valence-electron chi connectivity index (χ0n) is 12.7. The molecule has 0 bridgehead atoms. The van der Waals surface area contributed by atoms with Crippen molar-refractivity contribution in [2.45, 2.75) is 44.2 Å². The van der Waals surface area contributed by atoms with E-state index in [0.29, 0.717) is 6.42 Å². The van der Waals surface area contributed by atoms with Gasteiger partial charge in [-0.25, -0.2) is 4.98 Å². The van der Waals surface area contributed by atoms with Crippen molar-refractivity contribution in [3.8, 4) is 0 Å². The Morgan fingerprint density at radius 3 is 2.57 bits per heavy atom. The summed E-state index contributed by atoms with van der Waals surface area (Å²) in [5.74, 6) is 1.94. The predicted octanol–water partition coefficient (Wildman–Crippen LogP) is 3.86. The van der Waals surface area contributed by atoms with Gasteiger partial charge in [-0.15, -0.1) is 5.10 Å². The van der Waals surface area contributed by atoms with Gasteiger partial charge in [-0.05, 0) is 6.42 Å². The second-order valence-corrected chi connectivity index (χ2v) is 7.02. The number of nitrogens with one attached hydrogen (secondary N) is 1. The topological polar surface area (TPSA) is 58.6 Å². The maximum absolute atomic E-state index is 11.9. The van der Waals surface area contributed by atoms with Crippen LogP contribution in [0.2, 0.25) is 0 Å². The fourth-order valence-electron chi connectivity index (χ4n) is 1.81. The van der Waals surface area contributed by atoms with E-state index in [1.165, 1.54) is 0 Å². The lowest BCUT2D eigenvalue weighted by molar-refractivity contribution is 0.0982. The van der Waals surface area contributed by atoms with Crippen LogP contribution in [0.15, 0.2) is 35.5 Å². The maximum atomic E-state index is 11.9. The first-order valence-corrected chi connectivity index (χ1v) is 8.09. The fraction of sp³-hybridized carbons (Fsp3) is 0.438. The zero-order chi connectivity index (χ0) is 15.3. The van der Waals surface area contributed by atoms with E-state index in [2.05, 4.69) is 36.0 Å². The van der Waals surface area contributed by atoms with Crippen LogP contribution in [0.25, 0.3) is 0 Å². The molecule has 1 aromatic heterocycles. The molecule has 112 valence electrons. The summed E-state index contributed by atoms with van der Waals surface area (Å²) >= 11 is 1.59. The van der Waals surface area contributed by atoms with Gasteiger partial charge < -0.3 is 0 Å². The van der Waals surface area contributed by atoms with Crippen LogP contribution in [0.5, 0.6) is 0 Å². The van der Waals surface area contributed by atoms with Crippen molar-refractivity contribution in [2.24, 2.45) is 0 Å². The molecular formula is C16H21N3OS. The maximum Gasteiger partial charge on any atom is 0.208 e. The van der Waals surface area contributed by atoms with Crippen molar-refractivity contribution in [1.82, 2.24) is 15.2 Å². The summed E-state index contributed by atoms with van der Waals surface area (Å²) in [7, 11) is 0. The third-order valence-corrected chi connectivity index (χ3v) is 3.98. The number of nitrogens with zero attached hydrogens (tertiary/aromatic N) is 2. The van der Waals surface area contributed by atoms with Gasteiger partial charge in [-0.1, -0.05) is 62.9 Å². The minimum absolute atomic E-state index is 0.0188. The number of Topliss-reactive ketones (excluding diaryl/α,β-unsaturated/α-hetero) is 1. The Morgan fingerprint density at radius 2 is 1.95 bits per heavy atom. The number of ketones is 1. The molecule has 0 saturated carbocycles. The average molecular weight is 303 g/mol. The van der Waals surface area contributed by atoms with Gasteiger partial charge in [0.05, 0.1) is 0 Å². The van der Waals surface area contributed by atoms with E-state index in [0.717, 1.165) is 28.7 Å². The van der Waals surface area contributed by atoms with Gasteiger partial charge in [0.1, 0.15) is 5.82 Å². The molecule has 0 aliphatic heterocycles. The van der Waals surface area contributed by atoms with Crippen molar-refractivity contribution in [3.05, 3.63) is 41.7 Å². The summed E-state index contributed by atoms with van der Waals surface area (Å²) in [6.45, 7) is 6.29. The molecule has 2 aromatic rings. The van der Waals surface area contributed by atoms with E-state index < -0.39 is 0 Å². The van der Waals surface area contributed by atoms with Crippen LogP contribution in [-0.4, -0.2) is 26.7 Å². The van der Waals surface area contributed by atoms with Crippen LogP contribution in [0.1, 0.15) is 49.8 Å². The molecule has 21 heavy (non-hydrogen) atoms. The number of hydrogen-bond donors (Lipinski definition) is 1. The van der Waals surface area contributed by atoms with Gasteiger partial charge in [0, 0.05) is 23.2 Å². The number of carbonyl (C=O) groups is 1. The summed E-state index contributed by atoms with van der Waals surface area (Å²) in [6, 6.07) is 9.43. The van der Waals surface area contributed by atoms with Crippen molar-refractivity contribution in [3.63, 3.8) is 0 Å². The van der Waals surface area contributed by atoms with E-state index in [4.69, 9.17) is 0 Å². The van der Waals surface area contributed by atoms with Crippen LogP contribution >= 0.6 is 11.8 Å². The third-order valence-electron chi connectivity index (χ3n) is 3.05. The highest BCUT2D eigenvalue weighted by Crippen LogP contribution is 2.21. The molecule has 0 fully saturated rings. The molecule has 2 rings (SSSR count). The predicted molar refractivity (Wildman–Crippen MR) is 85.8 cm³/mol. The fourth-order valence-corrected chi connectivity index (χ4v) is 2.55.